The second-order valence-electron chi connectivity index (χ2n) is 4.25. The highest BCUT2D eigenvalue weighted by atomic mass is 16.6. The van der Waals surface area contributed by atoms with Gasteiger partial charge in [0, 0.05) is 6.42 Å². The number of aromatic nitrogens is 3. The van der Waals surface area contributed by atoms with E-state index in [1.807, 2.05) is 31.2 Å². The van der Waals surface area contributed by atoms with Crippen LogP contribution in [0.1, 0.15) is 30.1 Å². The van der Waals surface area contributed by atoms with Crippen LogP contribution < -0.4 is 0 Å². The van der Waals surface area contributed by atoms with Crippen molar-refractivity contribution in [2.24, 2.45) is 0 Å². The summed E-state index contributed by atoms with van der Waals surface area (Å²) in [4.78, 5) is 13.3. The second-order valence-corrected chi connectivity index (χ2v) is 4.25. The Bertz CT molecular complexity index is 685. The summed E-state index contributed by atoms with van der Waals surface area (Å²) in [5, 5.41) is 8.63. The average molecular weight is 271 g/mol. The molecular formula is C14H13N3O3. The highest BCUT2D eigenvalue weighted by Crippen LogP contribution is 2.17. The molecule has 0 saturated heterocycles. The van der Waals surface area contributed by atoms with Gasteiger partial charge < -0.3 is 9.15 Å². The van der Waals surface area contributed by atoms with Crippen LogP contribution in [0.3, 0.4) is 0 Å². The van der Waals surface area contributed by atoms with Crippen molar-refractivity contribution in [3.05, 3.63) is 48.4 Å². The van der Waals surface area contributed by atoms with Crippen molar-refractivity contribution in [1.29, 1.82) is 0 Å². The summed E-state index contributed by atoms with van der Waals surface area (Å²) in [6, 6.07) is 10.7. The maximum Gasteiger partial charge on any atom is 0.376 e. The lowest BCUT2D eigenvalue weighted by atomic mass is 10.3. The third-order valence-corrected chi connectivity index (χ3v) is 2.87. The molecule has 0 aliphatic heterocycles. The summed E-state index contributed by atoms with van der Waals surface area (Å²) < 4.78 is 10.4. The van der Waals surface area contributed by atoms with E-state index in [9.17, 15) is 4.79 Å². The number of furan rings is 1. The van der Waals surface area contributed by atoms with Gasteiger partial charge in [-0.15, -0.1) is 15.0 Å². The zero-order valence-electron chi connectivity index (χ0n) is 10.9. The summed E-state index contributed by atoms with van der Waals surface area (Å²) in [5.41, 5.74) is 1.53. The summed E-state index contributed by atoms with van der Waals surface area (Å²) in [6.45, 7) is 1.90. The van der Waals surface area contributed by atoms with Crippen LogP contribution in [-0.4, -0.2) is 21.0 Å². The summed E-state index contributed by atoms with van der Waals surface area (Å²) in [6.07, 6.45) is 1.44. The van der Waals surface area contributed by atoms with Gasteiger partial charge in [-0.25, -0.2) is 4.79 Å². The van der Waals surface area contributed by atoms with E-state index in [1.165, 1.54) is 11.1 Å². The van der Waals surface area contributed by atoms with Crippen LogP contribution in [0.2, 0.25) is 0 Å². The normalized spacial score (nSPS) is 12.4. The van der Waals surface area contributed by atoms with Gasteiger partial charge in [0.2, 0.25) is 12.0 Å². The quantitative estimate of drug-likeness (QED) is 0.682. The lowest BCUT2D eigenvalue weighted by molar-refractivity contribution is -0.00483. The first kappa shape index (κ1) is 12.4. The van der Waals surface area contributed by atoms with E-state index < -0.39 is 12.2 Å². The lowest BCUT2D eigenvalue weighted by Gasteiger charge is -2.13. The third kappa shape index (κ3) is 2.27. The summed E-state index contributed by atoms with van der Waals surface area (Å²) in [7, 11) is 0. The average Bonchev–Trinajstić information content (AvgIpc) is 3.12. The molecule has 0 fully saturated rings. The Labute approximate surface area is 114 Å². The number of rotatable bonds is 4. The highest BCUT2D eigenvalue weighted by molar-refractivity contribution is 5.86. The molecule has 0 amide bonds. The molecule has 102 valence electrons. The molecule has 0 N–H and O–H groups in total. The minimum Gasteiger partial charge on any atom is -0.457 e. The number of nitrogens with zero attached hydrogens (tertiary/aromatic N) is 3. The molecule has 2 aromatic heterocycles. The molecule has 2 heterocycles. The van der Waals surface area contributed by atoms with Crippen LogP contribution in [-0.2, 0) is 4.74 Å². The first-order valence-electron chi connectivity index (χ1n) is 6.34. The number of ether oxygens (including phenoxy) is 1. The SMILES string of the molecule is CCC(OC(=O)c1ccco1)n1nc2ccccc2n1. The minimum absolute atomic E-state index is 0.167. The molecule has 3 aromatic rings. The number of hydrogen-bond donors (Lipinski definition) is 0. The summed E-state index contributed by atoms with van der Waals surface area (Å²) >= 11 is 0. The Kier molecular flexibility index (Phi) is 3.20. The Balaban J connectivity index is 1.84. The topological polar surface area (TPSA) is 70.2 Å². The van der Waals surface area contributed by atoms with Crippen molar-refractivity contribution in [2.75, 3.05) is 0 Å². The van der Waals surface area contributed by atoms with E-state index in [1.54, 1.807) is 12.1 Å². The zero-order valence-corrected chi connectivity index (χ0v) is 10.9. The molecule has 1 aromatic carbocycles. The molecule has 6 heteroatoms. The van der Waals surface area contributed by atoms with E-state index in [0.717, 1.165) is 11.0 Å². The van der Waals surface area contributed by atoms with Gasteiger partial charge in [-0.2, -0.15) is 0 Å². The maximum absolute atomic E-state index is 11.9. The Morgan fingerprint density at radius 1 is 1.25 bits per heavy atom. The van der Waals surface area contributed by atoms with E-state index in [4.69, 9.17) is 9.15 Å². The summed E-state index contributed by atoms with van der Waals surface area (Å²) in [5.74, 6) is -0.358. The van der Waals surface area contributed by atoms with Crippen LogP contribution in [0.25, 0.3) is 11.0 Å². The smallest absolute Gasteiger partial charge is 0.376 e. The molecule has 20 heavy (non-hydrogen) atoms. The minimum atomic E-state index is -0.556. The van der Waals surface area contributed by atoms with Crippen LogP contribution in [0.15, 0.2) is 47.1 Å². The Morgan fingerprint density at radius 3 is 2.50 bits per heavy atom. The van der Waals surface area contributed by atoms with Crippen LogP contribution in [0.4, 0.5) is 0 Å². The van der Waals surface area contributed by atoms with Gasteiger partial charge in [0.05, 0.1) is 6.26 Å². The zero-order chi connectivity index (χ0) is 13.9. The molecule has 0 bridgehead atoms. The number of fused-ring (bicyclic) bond motifs is 1. The van der Waals surface area contributed by atoms with Gasteiger partial charge in [0.15, 0.2) is 0 Å². The van der Waals surface area contributed by atoms with E-state index >= 15 is 0 Å². The van der Waals surface area contributed by atoms with E-state index in [0.29, 0.717) is 6.42 Å². The number of carbonyl (C=O) groups excluding carboxylic acids is 1. The van der Waals surface area contributed by atoms with Gasteiger partial charge >= 0.3 is 5.97 Å². The molecule has 1 atom stereocenters. The number of carbonyl (C=O) groups is 1. The van der Waals surface area contributed by atoms with Crippen LogP contribution >= 0.6 is 0 Å². The fourth-order valence-electron chi connectivity index (χ4n) is 1.88. The van der Waals surface area contributed by atoms with Crippen LogP contribution in [0.5, 0.6) is 0 Å². The third-order valence-electron chi connectivity index (χ3n) is 2.87. The van der Waals surface area contributed by atoms with Gasteiger partial charge in [-0.3, -0.25) is 0 Å². The van der Waals surface area contributed by atoms with Crippen molar-refractivity contribution in [3.8, 4) is 0 Å². The largest absolute Gasteiger partial charge is 0.457 e. The lowest BCUT2D eigenvalue weighted by Crippen LogP contribution is -2.19. The van der Waals surface area contributed by atoms with Crippen molar-refractivity contribution in [3.63, 3.8) is 0 Å². The molecule has 6 nitrogen and oxygen atoms in total. The Morgan fingerprint density at radius 2 is 1.95 bits per heavy atom. The standard InChI is InChI=1S/C14H13N3O3/c1-2-13(20-14(18)12-8-5-9-19-12)17-15-10-6-3-4-7-11(10)16-17/h3-9,13H,2H2,1H3. The molecule has 0 radical (unpaired) electrons. The fourth-order valence-corrected chi connectivity index (χ4v) is 1.88. The van der Waals surface area contributed by atoms with Crippen LogP contribution in [0, 0.1) is 0 Å². The maximum atomic E-state index is 11.9. The first-order valence-corrected chi connectivity index (χ1v) is 6.34. The second kappa shape index (κ2) is 5.16. The Hall–Kier alpha value is -2.63. The number of esters is 1. The van der Waals surface area contributed by atoms with Gasteiger partial charge in [0.25, 0.3) is 0 Å². The molecule has 0 saturated carbocycles. The van der Waals surface area contributed by atoms with Gasteiger partial charge in [-0.1, -0.05) is 19.1 Å². The highest BCUT2D eigenvalue weighted by Gasteiger charge is 2.20. The number of hydrogen-bond acceptors (Lipinski definition) is 5. The van der Waals surface area contributed by atoms with Crippen molar-refractivity contribution < 1.29 is 13.9 Å². The van der Waals surface area contributed by atoms with Crippen molar-refractivity contribution in [2.45, 2.75) is 19.6 Å². The van der Waals surface area contributed by atoms with Gasteiger partial charge in [-0.05, 0) is 24.3 Å². The number of benzene rings is 1. The van der Waals surface area contributed by atoms with Gasteiger partial charge in [0.1, 0.15) is 11.0 Å². The van der Waals surface area contributed by atoms with E-state index in [-0.39, 0.29) is 5.76 Å². The molecular weight excluding hydrogens is 258 g/mol. The molecule has 1 unspecified atom stereocenters. The fraction of sp³-hybridized carbons (Fsp3) is 0.214. The van der Waals surface area contributed by atoms with E-state index in [2.05, 4.69) is 10.2 Å². The monoisotopic (exact) mass is 271 g/mol. The molecule has 0 aliphatic carbocycles. The molecule has 0 spiro atoms. The van der Waals surface area contributed by atoms with Crippen molar-refractivity contribution in [1.82, 2.24) is 15.0 Å². The molecule has 3 rings (SSSR count). The van der Waals surface area contributed by atoms with Crippen molar-refractivity contribution >= 4 is 17.0 Å². The first-order chi connectivity index (χ1) is 9.78. The predicted octanol–water partition coefficient (Wildman–Crippen LogP) is 2.79. The molecule has 0 aliphatic rings. The predicted molar refractivity (Wildman–Crippen MR) is 71.0 cm³/mol.